The Bertz CT molecular complexity index is 477. The Hall–Kier alpha value is -1.35. The summed E-state index contributed by atoms with van der Waals surface area (Å²) in [6.45, 7) is 4.35. The van der Waals surface area contributed by atoms with Crippen LogP contribution in [0.4, 0.5) is 0 Å². The second-order valence-corrected chi connectivity index (χ2v) is 4.27. The van der Waals surface area contributed by atoms with Gasteiger partial charge in [0, 0.05) is 5.69 Å². The molecule has 0 spiro atoms. The largest absolute Gasteiger partial charge is 0.285 e. The van der Waals surface area contributed by atoms with Crippen molar-refractivity contribution < 1.29 is 0 Å². The molecule has 0 saturated carbocycles. The van der Waals surface area contributed by atoms with Gasteiger partial charge in [-0.15, -0.1) is 21.8 Å². The van der Waals surface area contributed by atoms with Crippen molar-refractivity contribution in [2.45, 2.75) is 25.6 Å². The minimum absolute atomic E-state index is 0.367. The van der Waals surface area contributed by atoms with Crippen LogP contribution in [0.25, 0.3) is 5.69 Å². The Morgan fingerprint density at radius 2 is 2.19 bits per heavy atom. The van der Waals surface area contributed by atoms with E-state index in [2.05, 4.69) is 36.2 Å². The van der Waals surface area contributed by atoms with Crippen LogP contribution in [-0.4, -0.2) is 14.8 Å². The molecule has 2 aromatic rings. The number of benzene rings is 1. The number of aromatic nitrogens is 3. The lowest BCUT2D eigenvalue weighted by Crippen LogP contribution is -1.99. The van der Waals surface area contributed by atoms with Crippen LogP contribution in [0.1, 0.15) is 31.2 Å². The van der Waals surface area contributed by atoms with Crippen LogP contribution in [0.3, 0.4) is 0 Å². The number of hydrogen-bond donors (Lipinski definition) is 0. The average molecular weight is 236 g/mol. The predicted octanol–water partition coefficient (Wildman–Crippen LogP) is 3.13. The number of alkyl halides is 1. The van der Waals surface area contributed by atoms with E-state index in [1.165, 1.54) is 5.56 Å². The quantitative estimate of drug-likeness (QED) is 0.766. The van der Waals surface area contributed by atoms with E-state index < -0.39 is 0 Å². The van der Waals surface area contributed by atoms with E-state index in [4.69, 9.17) is 11.6 Å². The van der Waals surface area contributed by atoms with E-state index in [0.717, 1.165) is 11.5 Å². The average Bonchev–Trinajstić information content (AvgIpc) is 2.77. The molecule has 0 N–H and O–H groups in total. The molecule has 0 atom stereocenters. The second kappa shape index (κ2) is 4.66. The summed E-state index contributed by atoms with van der Waals surface area (Å²) < 4.78 is 1.92. The van der Waals surface area contributed by atoms with Gasteiger partial charge in [0.2, 0.25) is 0 Å². The van der Waals surface area contributed by atoms with Gasteiger partial charge >= 0.3 is 0 Å². The minimum atomic E-state index is 0.367. The van der Waals surface area contributed by atoms with Gasteiger partial charge < -0.3 is 0 Å². The molecule has 3 nitrogen and oxygen atoms in total. The van der Waals surface area contributed by atoms with Crippen molar-refractivity contribution in [3.63, 3.8) is 0 Å². The third-order valence-corrected chi connectivity index (χ3v) is 2.79. The van der Waals surface area contributed by atoms with Crippen molar-refractivity contribution in [2.75, 3.05) is 0 Å². The molecular weight excluding hydrogens is 222 g/mol. The fourth-order valence-corrected chi connectivity index (χ4v) is 1.78. The molecule has 4 heteroatoms. The van der Waals surface area contributed by atoms with Crippen LogP contribution in [0.15, 0.2) is 30.6 Å². The zero-order chi connectivity index (χ0) is 11.5. The van der Waals surface area contributed by atoms with Crippen molar-refractivity contribution >= 4 is 11.6 Å². The first kappa shape index (κ1) is 11.1. The summed E-state index contributed by atoms with van der Waals surface area (Å²) in [7, 11) is 0. The van der Waals surface area contributed by atoms with Crippen molar-refractivity contribution in [3.05, 3.63) is 42.0 Å². The van der Waals surface area contributed by atoms with Crippen molar-refractivity contribution in [1.82, 2.24) is 14.8 Å². The van der Waals surface area contributed by atoms with E-state index in [9.17, 15) is 0 Å². The molecule has 0 bridgehead atoms. The van der Waals surface area contributed by atoms with Crippen molar-refractivity contribution in [1.29, 1.82) is 0 Å². The molecule has 0 unspecified atom stereocenters. The number of hydrogen-bond acceptors (Lipinski definition) is 2. The summed E-state index contributed by atoms with van der Waals surface area (Å²) in [4.78, 5) is 0. The van der Waals surface area contributed by atoms with Gasteiger partial charge in [0.25, 0.3) is 0 Å². The summed E-state index contributed by atoms with van der Waals surface area (Å²) in [5.74, 6) is 1.64. The summed E-state index contributed by atoms with van der Waals surface area (Å²) in [5.41, 5.74) is 2.36. The highest BCUT2D eigenvalue weighted by atomic mass is 35.5. The highest BCUT2D eigenvalue weighted by Gasteiger charge is 2.06. The first-order chi connectivity index (χ1) is 7.72. The van der Waals surface area contributed by atoms with Crippen molar-refractivity contribution in [3.8, 4) is 5.69 Å². The van der Waals surface area contributed by atoms with Crippen molar-refractivity contribution in [2.24, 2.45) is 0 Å². The van der Waals surface area contributed by atoms with E-state index in [-0.39, 0.29) is 0 Å². The van der Waals surface area contributed by atoms with Gasteiger partial charge in [-0.1, -0.05) is 26.0 Å². The molecule has 0 fully saturated rings. The second-order valence-electron chi connectivity index (χ2n) is 4.00. The number of halogens is 1. The van der Waals surface area contributed by atoms with E-state index in [1.807, 2.05) is 16.7 Å². The standard InChI is InChI=1S/C12H14ClN3/c1-9(2)10-4-3-5-11(6-10)16-8-14-15-12(16)7-13/h3-6,8-9H,7H2,1-2H3. The third kappa shape index (κ3) is 2.09. The van der Waals surface area contributed by atoms with Crippen LogP contribution < -0.4 is 0 Å². The fourth-order valence-electron chi connectivity index (χ4n) is 1.60. The topological polar surface area (TPSA) is 30.7 Å². The molecule has 84 valence electrons. The fraction of sp³-hybridized carbons (Fsp3) is 0.333. The summed E-state index contributed by atoms with van der Waals surface area (Å²) >= 11 is 5.80. The molecule has 0 aliphatic carbocycles. The van der Waals surface area contributed by atoms with E-state index >= 15 is 0 Å². The molecule has 0 radical (unpaired) electrons. The van der Waals surface area contributed by atoms with Gasteiger partial charge in [0.15, 0.2) is 5.82 Å². The number of nitrogens with zero attached hydrogens (tertiary/aromatic N) is 3. The lowest BCUT2D eigenvalue weighted by atomic mass is 10.0. The van der Waals surface area contributed by atoms with Gasteiger partial charge in [-0.25, -0.2) is 0 Å². The lowest BCUT2D eigenvalue weighted by molar-refractivity contribution is 0.859. The summed E-state index contributed by atoms with van der Waals surface area (Å²) in [5, 5.41) is 7.84. The van der Waals surface area contributed by atoms with E-state index in [0.29, 0.717) is 11.8 Å². The molecular formula is C12H14ClN3. The van der Waals surface area contributed by atoms with E-state index in [1.54, 1.807) is 6.33 Å². The van der Waals surface area contributed by atoms with Gasteiger partial charge in [-0.2, -0.15) is 0 Å². The smallest absolute Gasteiger partial charge is 0.152 e. The molecule has 1 aromatic carbocycles. The van der Waals surface area contributed by atoms with Gasteiger partial charge in [0.05, 0.1) is 5.88 Å². The minimum Gasteiger partial charge on any atom is -0.285 e. The third-order valence-electron chi connectivity index (χ3n) is 2.55. The maximum Gasteiger partial charge on any atom is 0.152 e. The Labute approximate surface area is 100 Å². The van der Waals surface area contributed by atoms with Crippen LogP contribution in [-0.2, 0) is 5.88 Å². The SMILES string of the molecule is CC(C)c1cccc(-n2cnnc2CCl)c1. The van der Waals surface area contributed by atoms with Crippen LogP contribution >= 0.6 is 11.6 Å². The van der Waals surface area contributed by atoms with Crippen LogP contribution in [0, 0.1) is 0 Å². The zero-order valence-electron chi connectivity index (χ0n) is 9.39. The Kier molecular flexibility index (Phi) is 3.25. The normalized spacial score (nSPS) is 11.0. The monoisotopic (exact) mass is 235 g/mol. The first-order valence-electron chi connectivity index (χ1n) is 5.27. The van der Waals surface area contributed by atoms with Crippen LogP contribution in [0.5, 0.6) is 0 Å². The zero-order valence-corrected chi connectivity index (χ0v) is 10.1. The van der Waals surface area contributed by atoms with Crippen LogP contribution in [0.2, 0.25) is 0 Å². The highest BCUT2D eigenvalue weighted by molar-refractivity contribution is 6.16. The van der Waals surface area contributed by atoms with Gasteiger partial charge in [0.1, 0.15) is 6.33 Å². The molecule has 16 heavy (non-hydrogen) atoms. The molecule has 0 aliphatic rings. The summed E-state index contributed by atoms with van der Waals surface area (Å²) in [6, 6.07) is 8.34. The number of rotatable bonds is 3. The predicted molar refractivity (Wildman–Crippen MR) is 65.0 cm³/mol. The lowest BCUT2D eigenvalue weighted by Gasteiger charge is -2.09. The van der Waals surface area contributed by atoms with Gasteiger partial charge in [-0.05, 0) is 23.6 Å². The Morgan fingerprint density at radius 1 is 1.38 bits per heavy atom. The Balaban J connectivity index is 2.44. The molecule has 0 aliphatic heterocycles. The maximum atomic E-state index is 5.80. The Morgan fingerprint density at radius 3 is 2.88 bits per heavy atom. The maximum absolute atomic E-state index is 5.80. The van der Waals surface area contributed by atoms with Gasteiger partial charge in [-0.3, -0.25) is 4.57 Å². The first-order valence-corrected chi connectivity index (χ1v) is 5.81. The molecule has 0 saturated heterocycles. The molecule has 2 rings (SSSR count). The summed E-state index contributed by atoms with van der Waals surface area (Å²) in [6.07, 6.45) is 1.69. The molecule has 0 amide bonds. The highest BCUT2D eigenvalue weighted by Crippen LogP contribution is 2.19. The molecule has 1 heterocycles. The molecule has 1 aromatic heterocycles.